The van der Waals surface area contributed by atoms with Crippen LogP contribution in [-0.4, -0.2) is 23.2 Å². The Balaban J connectivity index is 1.65. The van der Waals surface area contributed by atoms with Crippen LogP contribution in [-0.2, 0) is 11.3 Å². The monoisotopic (exact) mass is 404 g/mol. The van der Waals surface area contributed by atoms with E-state index in [0.29, 0.717) is 12.8 Å². The van der Waals surface area contributed by atoms with Crippen LogP contribution in [0.5, 0.6) is 5.75 Å². The Hall–Kier alpha value is -3.00. The fraction of sp³-hybridized carbons (Fsp3) is 0.286. The largest absolute Gasteiger partial charge is 0.445 e. The molecular weight excluding hydrogens is 385 g/mol. The standard InChI is InChI=1S/C21H19F3N2O3/c22-13-5-1-4-12(19(13)24)10-26-11-18(21(28)25-15-7-3-9-17(15)27)29-20-14(23)6-2-8-16(20)26/h1-2,4-6,8,11,15,17,27H,3,7,9-10H2,(H,25,28)/t15-,17-/m1/s1. The van der Waals surface area contributed by atoms with Gasteiger partial charge in [-0.2, -0.15) is 0 Å². The molecule has 0 aromatic heterocycles. The summed E-state index contributed by atoms with van der Waals surface area (Å²) in [5.41, 5.74) is 0.329. The maximum Gasteiger partial charge on any atom is 0.288 e. The minimum atomic E-state index is -1.01. The number of fused-ring (bicyclic) bond motifs is 1. The first-order valence-corrected chi connectivity index (χ1v) is 9.30. The van der Waals surface area contributed by atoms with Crippen LogP contribution in [0.1, 0.15) is 24.8 Å². The van der Waals surface area contributed by atoms with E-state index in [-0.39, 0.29) is 29.3 Å². The lowest BCUT2D eigenvalue weighted by molar-refractivity contribution is -0.120. The molecule has 0 bridgehead atoms. The maximum atomic E-state index is 14.3. The summed E-state index contributed by atoms with van der Waals surface area (Å²) in [6.45, 7) is -0.133. The highest BCUT2D eigenvalue weighted by molar-refractivity contribution is 5.93. The Labute approximate surface area is 165 Å². The maximum absolute atomic E-state index is 14.3. The molecule has 0 spiro atoms. The van der Waals surface area contributed by atoms with Gasteiger partial charge in [0.2, 0.25) is 5.76 Å². The number of carbonyl (C=O) groups is 1. The van der Waals surface area contributed by atoms with E-state index in [0.717, 1.165) is 12.5 Å². The zero-order valence-electron chi connectivity index (χ0n) is 15.4. The first-order valence-electron chi connectivity index (χ1n) is 9.30. The zero-order valence-corrected chi connectivity index (χ0v) is 15.4. The van der Waals surface area contributed by atoms with E-state index < -0.39 is 35.5 Å². The number of para-hydroxylation sites is 1. The highest BCUT2D eigenvalue weighted by Crippen LogP contribution is 2.37. The Morgan fingerprint density at radius 3 is 2.66 bits per heavy atom. The number of ether oxygens (including phenoxy) is 1. The van der Waals surface area contributed by atoms with Crippen LogP contribution in [0.15, 0.2) is 48.4 Å². The molecule has 1 saturated carbocycles. The van der Waals surface area contributed by atoms with Gasteiger partial charge < -0.3 is 20.1 Å². The molecule has 0 unspecified atom stereocenters. The van der Waals surface area contributed by atoms with Crippen molar-refractivity contribution in [3.05, 3.63) is 71.4 Å². The van der Waals surface area contributed by atoms with E-state index in [9.17, 15) is 23.1 Å². The summed E-state index contributed by atoms with van der Waals surface area (Å²) in [5.74, 6) is -3.68. The number of carbonyl (C=O) groups excluding carboxylic acids is 1. The van der Waals surface area contributed by atoms with Gasteiger partial charge in [-0.05, 0) is 37.5 Å². The molecule has 2 aliphatic rings. The minimum absolute atomic E-state index is 0.0457. The molecule has 2 aromatic carbocycles. The molecule has 4 rings (SSSR count). The zero-order chi connectivity index (χ0) is 20.5. The van der Waals surface area contributed by atoms with Gasteiger partial charge in [0.25, 0.3) is 5.91 Å². The molecule has 8 heteroatoms. The van der Waals surface area contributed by atoms with Gasteiger partial charge in [0.1, 0.15) is 0 Å². The average molecular weight is 404 g/mol. The van der Waals surface area contributed by atoms with E-state index in [4.69, 9.17) is 4.74 Å². The number of aliphatic hydroxyl groups excluding tert-OH is 1. The minimum Gasteiger partial charge on any atom is -0.445 e. The lowest BCUT2D eigenvalue weighted by Gasteiger charge is -2.29. The molecule has 0 saturated heterocycles. The third kappa shape index (κ3) is 3.80. The predicted octanol–water partition coefficient (Wildman–Crippen LogP) is 3.37. The second-order valence-corrected chi connectivity index (χ2v) is 7.10. The van der Waals surface area contributed by atoms with E-state index in [2.05, 4.69) is 5.32 Å². The van der Waals surface area contributed by atoms with Crippen molar-refractivity contribution in [1.29, 1.82) is 0 Å². The van der Waals surface area contributed by atoms with Crippen LogP contribution in [0, 0.1) is 17.5 Å². The first-order chi connectivity index (χ1) is 13.9. The molecule has 2 aromatic rings. The van der Waals surface area contributed by atoms with E-state index in [1.54, 1.807) is 6.07 Å². The second-order valence-electron chi connectivity index (χ2n) is 7.10. The molecule has 2 atom stereocenters. The normalized spacial score (nSPS) is 20.7. The molecule has 5 nitrogen and oxygen atoms in total. The predicted molar refractivity (Wildman–Crippen MR) is 99.4 cm³/mol. The Bertz CT molecular complexity index is 980. The number of hydrogen-bond acceptors (Lipinski definition) is 4. The summed E-state index contributed by atoms with van der Waals surface area (Å²) in [6, 6.07) is 7.58. The van der Waals surface area contributed by atoms with Crippen molar-refractivity contribution in [1.82, 2.24) is 5.32 Å². The molecule has 1 aliphatic carbocycles. The number of halogens is 3. The summed E-state index contributed by atoms with van der Waals surface area (Å²) in [7, 11) is 0. The van der Waals surface area contributed by atoms with Crippen molar-refractivity contribution < 1.29 is 27.8 Å². The van der Waals surface area contributed by atoms with Crippen LogP contribution in [0.2, 0.25) is 0 Å². The lowest BCUT2D eigenvalue weighted by atomic mass is 10.1. The number of nitrogens with zero attached hydrogens (tertiary/aromatic N) is 1. The van der Waals surface area contributed by atoms with E-state index in [1.807, 2.05) is 0 Å². The Kier molecular flexibility index (Phi) is 5.19. The smallest absolute Gasteiger partial charge is 0.288 e. The number of amides is 1. The summed E-state index contributed by atoms with van der Waals surface area (Å²) in [6.07, 6.45) is 2.68. The van der Waals surface area contributed by atoms with Gasteiger partial charge in [-0.1, -0.05) is 18.2 Å². The lowest BCUT2D eigenvalue weighted by Crippen LogP contribution is -2.42. The third-order valence-electron chi connectivity index (χ3n) is 5.13. The SMILES string of the molecule is O=C(N[C@@H]1CCC[C@H]1O)C1=CN(Cc2cccc(F)c2F)c2cccc(F)c2O1. The highest BCUT2D eigenvalue weighted by Gasteiger charge is 2.31. The topological polar surface area (TPSA) is 61.8 Å². The molecule has 2 N–H and O–H groups in total. The number of rotatable bonds is 4. The average Bonchev–Trinajstić information content (AvgIpc) is 3.10. The number of anilines is 1. The van der Waals surface area contributed by atoms with Gasteiger partial charge in [0.15, 0.2) is 23.2 Å². The highest BCUT2D eigenvalue weighted by atomic mass is 19.2. The summed E-state index contributed by atoms with van der Waals surface area (Å²) in [5, 5.41) is 12.6. The molecule has 29 heavy (non-hydrogen) atoms. The number of benzene rings is 2. The fourth-order valence-electron chi connectivity index (χ4n) is 3.61. The Morgan fingerprint density at radius 2 is 1.90 bits per heavy atom. The number of aliphatic hydroxyl groups is 1. The van der Waals surface area contributed by atoms with Crippen LogP contribution < -0.4 is 15.0 Å². The van der Waals surface area contributed by atoms with Gasteiger partial charge in [0, 0.05) is 5.56 Å². The third-order valence-corrected chi connectivity index (χ3v) is 5.13. The van der Waals surface area contributed by atoms with Gasteiger partial charge >= 0.3 is 0 Å². The van der Waals surface area contributed by atoms with Gasteiger partial charge in [-0.3, -0.25) is 4.79 Å². The first kappa shape index (κ1) is 19.3. The molecular formula is C21H19F3N2O3. The van der Waals surface area contributed by atoms with Crippen molar-refractivity contribution in [2.45, 2.75) is 38.0 Å². The number of hydrogen-bond donors (Lipinski definition) is 2. The van der Waals surface area contributed by atoms with Gasteiger partial charge in [-0.25, -0.2) is 13.2 Å². The number of nitrogens with one attached hydrogen (secondary N) is 1. The van der Waals surface area contributed by atoms with Crippen LogP contribution in [0.4, 0.5) is 18.9 Å². The molecule has 1 amide bonds. The van der Waals surface area contributed by atoms with E-state index >= 15 is 0 Å². The van der Waals surface area contributed by atoms with Gasteiger partial charge in [0.05, 0.1) is 30.6 Å². The van der Waals surface area contributed by atoms with E-state index in [1.165, 1.54) is 35.4 Å². The van der Waals surface area contributed by atoms with Crippen LogP contribution in [0.25, 0.3) is 0 Å². The quantitative estimate of drug-likeness (QED) is 0.820. The molecule has 1 aliphatic heterocycles. The van der Waals surface area contributed by atoms with Crippen molar-refractivity contribution >= 4 is 11.6 Å². The summed E-state index contributed by atoms with van der Waals surface area (Å²) in [4.78, 5) is 14.1. The summed E-state index contributed by atoms with van der Waals surface area (Å²) >= 11 is 0. The molecule has 1 heterocycles. The van der Waals surface area contributed by atoms with Crippen molar-refractivity contribution in [3.63, 3.8) is 0 Å². The Morgan fingerprint density at radius 1 is 1.14 bits per heavy atom. The van der Waals surface area contributed by atoms with Crippen molar-refractivity contribution in [2.75, 3.05) is 4.90 Å². The second kappa shape index (κ2) is 7.79. The molecule has 0 radical (unpaired) electrons. The van der Waals surface area contributed by atoms with Crippen LogP contribution in [0.3, 0.4) is 0 Å². The molecule has 152 valence electrons. The van der Waals surface area contributed by atoms with Crippen molar-refractivity contribution in [3.8, 4) is 5.75 Å². The van der Waals surface area contributed by atoms with Crippen LogP contribution >= 0.6 is 0 Å². The summed E-state index contributed by atoms with van der Waals surface area (Å²) < 4.78 is 47.5. The fourth-order valence-corrected chi connectivity index (χ4v) is 3.61. The van der Waals surface area contributed by atoms with Crippen molar-refractivity contribution in [2.24, 2.45) is 0 Å². The van der Waals surface area contributed by atoms with Gasteiger partial charge in [-0.15, -0.1) is 0 Å². The molecule has 1 fully saturated rings.